The van der Waals surface area contributed by atoms with Gasteiger partial charge in [-0.3, -0.25) is 4.79 Å². The molecule has 21 heavy (non-hydrogen) atoms. The molecule has 0 spiro atoms. The van der Waals surface area contributed by atoms with Gasteiger partial charge in [-0.05, 0) is 43.0 Å². The molecule has 3 N–H and O–H groups in total. The number of carbonyl (C=O) groups excluding carboxylic acids is 1. The Morgan fingerprint density at radius 1 is 1.19 bits per heavy atom. The van der Waals surface area contributed by atoms with Crippen LogP contribution in [0.15, 0.2) is 53.4 Å². The van der Waals surface area contributed by atoms with E-state index in [1.807, 2.05) is 48.7 Å². The number of primary amides is 1. The average molecular weight is 321 g/mol. The third-order valence-corrected chi connectivity index (χ3v) is 4.49. The Morgan fingerprint density at radius 3 is 2.33 bits per heavy atom. The third kappa shape index (κ3) is 3.34. The predicted octanol–water partition coefficient (Wildman–Crippen LogP) is 3.87. The lowest BCUT2D eigenvalue weighted by Gasteiger charge is -2.29. The van der Waals surface area contributed by atoms with E-state index in [0.717, 1.165) is 10.5 Å². The van der Waals surface area contributed by atoms with Crippen LogP contribution in [0.3, 0.4) is 0 Å². The predicted molar refractivity (Wildman–Crippen MR) is 89.8 cm³/mol. The number of anilines is 1. The zero-order valence-corrected chi connectivity index (χ0v) is 13.5. The largest absolute Gasteiger partial charge is 0.367 e. The molecule has 1 atom stereocenters. The molecule has 110 valence electrons. The van der Waals surface area contributed by atoms with Crippen LogP contribution >= 0.6 is 23.4 Å². The molecule has 0 bridgehead atoms. The van der Waals surface area contributed by atoms with E-state index in [4.69, 9.17) is 17.3 Å². The first-order valence-electron chi connectivity index (χ1n) is 6.44. The van der Waals surface area contributed by atoms with Crippen LogP contribution in [0.2, 0.25) is 5.02 Å². The number of hydrogen-bond donors (Lipinski definition) is 2. The van der Waals surface area contributed by atoms with Crippen molar-refractivity contribution in [2.45, 2.75) is 17.4 Å². The van der Waals surface area contributed by atoms with E-state index < -0.39 is 11.4 Å². The fraction of sp³-hybridized carbons (Fsp3) is 0.188. The first-order chi connectivity index (χ1) is 9.97. The highest BCUT2D eigenvalue weighted by Gasteiger charge is 2.33. The average Bonchev–Trinajstić information content (AvgIpc) is 2.49. The number of nitrogens with one attached hydrogen (secondary N) is 1. The summed E-state index contributed by atoms with van der Waals surface area (Å²) in [5.74, 6) is -0.459. The Labute approximate surface area is 133 Å². The highest BCUT2D eigenvalue weighted by Crippen LogP contribution is 2.31. The molecular weight excluding hydrogens is 304 g/mol. The molecule has 0 aliphatic carbocycles. The molecule has 0 aliphatic rings. The molecule has 0 saturated carbocycles. The maximum Gasteiger partial charge on any atom is 0.247 e. The molecule has 2 aromatic rings. The highest BCUT2D eigenvalue weighted by atomic mass is 35.5. The lowest BCUT2D eigenvalue weighted by molar-refractivity contribution is -0.122. The van der Waals surface area contributed by atoms with Gasteiger partial charge in [-0.2, -0.15) is 0 Å². The second-order valence-electron chi connectivity index (χ2n) is 4.82. The van der Waals surface area contributed by atoms with Gasteiger partial charge in [0.25, 0.3) is 0 Å². The number of thioether (sulfide) groups is 1. The number of nitrogens with two attached hydrogens (primary N) is 1. The minimum absolute atomic E-state index is 0.459. The highest BCUT2D eigenvalue weighted by molar-refractivity contribution is 7.98. The molecule has 0 fully saturated rings. The maximum atomic E-state index is 12.0. The van der Waals surface area contributed by atoms with Gasteiger partial charge in [-0.1, -0.05) is 35.9 Å². The molecule has 1 unspecified atom stereocenters. The normalized spacial score (nSPS) is 13.5. The van der Waals surface area contributed by atoms with Crippen molar-refractivity contribution < 1.29 is 4.79 Å². The van der Waals surface area contributed by atoms with Crippen LogP contribution in [0, 0.1) is 0 Å². The summed E-state index contributed by atoms with van der Waals surface area (Å²) in [7, 11) is 0. The van der Waals surface area contributed by atoms with Crippen molar-refractivity contribution in [2.24, 2.45) is 5.73 Å². The summed E-state index contributed by atoms with van der Waals surface area (Å²) in [5.41, 5.74) is 6.07. The van der Waals surface area contributed by atoms with Gasteiger partial charge in [-0.15, -0.1) is 11.8 Å². The molecule has 2 aromatic carbocycles. The van der Waals surface area contributed by atoms with Gasteiger partial charge in [0.05, 0.1) is 10.7 Å². The van der Waals surface area contributed by atoms with E-state index >= 15 is 0 Å². The van der Waals surface area contributed by atoms with Gasteiger partial charge >= 0.3 is 0 Å². The summed E-state index contributed by atoms with van der Waals surface area (Å²) < 4.78 is 0. The Morgan fingerprint density at radius 2 is 1.81 bits per heavy atom. The summed E-state index contributed by atoms with van der Waals surface area (Å²) in [6, 6.07) is 15.0. The maximum absolute atomic E-state index is 12.0. The fourth-order valence-electron chi connectivity index (χ4n) is 2.03. The van der Waals surface area contributed by atoms with Crippen molar-refractivity contribution in [3.63, 3.8) is 0 Å². The quantitative estimate of drug-likeness (QED) is 0.822. The van der Waals surface area contributed by atoms with Crippen molar-refractivity contribution in [3.8, 4) is 0 Å². The van der Waals surface area contributed by atoms with Gasteiger partial charge in [0.15, 0.2) is 0 Å². The minimum Gasteiger partial charge on any atom is -0.367 e. The SMILES string of the molecule is CSc1ccc(C(C)(Nc2ccccc2Cl)C(N)=O)cc1. The van der Waals surface area contributed by atoms with Gasteiger partial charge < -0.3 is 11.1 Å². The number of para-hydroxylation sites is 1. The standard InChI is InChI=1S/C16H17ClN2OS/c1-16(15(18)20,11-7-9-12(21-2)10-8-11)19-14-6-4-3-5-13(14)17/h3-10,19H,1-2H3,(H2,18,20). The van der Waals surface area contributed by atoms with E-state index in [1.54, 1.807) is 24.8 Å². The summed E-state index contributed by atoms with van der Waals surface area (Å²) >= 11 is 7.80. The summed E-state index contributed by atoms with van der Waals surface area (Å²) in [4.78, 5) is 13.1. The van der Waals surface area contributed by atoms with Crippen LogP contribution in [0.4, 0.5) is 5.69 Å². The number of carbonyl (C=O) groups is 1. The van der Waals surface area contributed by atoms with E-state index in [1.165, 1.54) is 0 Å². The van der Waals surface area contributed by atoms with Crippen molar-refractivity contribution in [1.82, 2.24) is 0 Å². The number of halogens is 1. The van der Waals surface area contributed by atoms with Crippen molar-refractivity contribution in [3.05, 3.63) is 59.1 Å². The molecule has 0 saturated heterocycles. The lowest BCUT2D eigenvalue weighted by Crippen LogP contribution is -2.45. The molecule has 0 aromatic heterocycles. The van der Waals surface area contributed by atoms with Gasteiger partial charge in [0.2, 0.25) is 5.91 Å². The van der Waals surface area contributed by atoms with Crippen molar-refractivity contribution in [2.75, 3.05) is 11.6 Å². The van der Waals surface area contributed by atoms with E-state index in [9.17, 15) is 4.79 Å². The molecular formula is C16H17ClN2OS. The Bertz CT molecular complexity index is 645. The summed E-state index contributed by atoms with van der Waals surface area (Å²) in [6.07, 6.45) is 2.00. The first-order valence-corrected chi connectivity index (χ1v) is 8.05. The molecule has 0 aliphatic heterocycles. The Hall–Kier alpha value is -1.65. The summed E-state index contributed by atoms with van der Waals surface area (Å²) in [5, 5.41) is 3.71. The number of benzene rings is 2. The first kappa shape index (κ1) is 15.7. The monoisotopic (exact) mass is 320 g/mol. The van der Waals surface area contributed by atoms with Gasteiger partial charge in [0.1, 0.15) is 5.54 Å². The number of amides is 1. The van der Waals surface area contributed by atoms with E-state index in [0.29, 0.717) is 10.7 Å². The topological polar surface area (TPSA) is 55.1 Å². The van der Waals surface area contributed by atoms with Crippen LogP contribution in [-0.2, 0) is 10.3 Å². The van der Waals surface area contributed by atoms with Gasteiger partial charge in [-0.25, -0.2) is 0 Å². The second kappa shape index (κ2) is 6.41. The molecule has 2 rings (SSSR count). The van der Waals surface area contributed by atoms with Crippen molar-refractivity contribution >= 4 is 35.0 Å². The zero-order chi connectivity index (χ0) is 15.5. The van der Waals surface area contributed by atoms with Crippen LogP contribution < -0.4 is 11.1 Å². The lowest BCUT2D eigenvalue weighted by atomic mass is 9.91. The molecule has 1 amide bonds. The van der Waals surface area contributed by atoms with Crippen molar-refractivity contribution in [1.29, 1.82) is 0 Å². The van der Waals surface area contributed by atoms with Crippen LogP contribution in [0.1, 0.15) is 12.5 Å². The Balaban J connectivity index is 2.40. The fourth-order valence-corrected chi connectivity index (χ4v) is 2.62. The number of hydrogen-bond acceptors (Lipinski definition) is 3. The molecule has 0 heterocycles. The molecule has 0 radical (unpaired) electrons. The smallest absolute Gasteiger partial charge is 0.247 e. The molecule has 3 nitrogen and oxygen atoms in total. The zero-order valence-electron chi connectivity index (χ0n) is 11.9. The second-order valence-corrected chi connectivity index (χ2v) is 6.11. The van der Waals surface area contributed by atoms with Gasteiger partial charge in [0, 0.05) is 4.90 Å². The van der Waals surface area contributed by atoms with Crippen LogP contribution in [0.5, 0.6) is 0 Å². The van der Waals surface area contributed by atoms with Crippen LogP contribution in [0.25, 0.3) is 0 Å². The Kier molecular flexibility index (Phi) is 4.80. The molecule has 5 heteroatoms. The summed E-state index contributed by atoms with van der Waals surface area (Å²) in [6.45, 7) is 1.76. The minimum atomic E-state index is -1.03. The third-order valence-electron chi connectivity index (χ3n) is 3.42. The van der Waals surface area contributed by atoms with E-state index in [2.05, 4.69) is 5.32 Å². The van der Waals surface area contributed by atoms with Crippen LogP contribution in [-0.4, -0.2) is 12.2 Å². The number of rotatable bonds is 5. The van der Waals surface area contributed by atoms with E-state index in [-0.39, 0.29) is 0 Å².